The van der Waals surface area contributed by atoms with Crippen LogP contribution in [0.15, 0.2) is 18.2 Å². The number of nitrogens with one attached hydrogen (secondary N) is 1. The number of aliphatic hydroxyl groups is 1. The van der Waals surface area contributed by atoms with Gasteiger partial charge in [0.15, 0.2) is 0 Å². The first-order valence-electron chi connectivity index (χ1n) is 5.32. The summed E-state index contributed by atoms with van der Waals surface area (Å²) in [6, 6.07) is 4.50. The molecule has 0 bridgehead atoms. The fraction of sp³-hybridized carbons (Fsp3) is 0.500. The van der Waals surface area contributed by atoms with Gasteiger partial charge in [-0.2, -0.15) is 0 Å². The van der Waals surface area contributed by atoms with Gasteiger partial charge < -0.3 is 15.2 Å². The molecule has 3 nitrogen and oxygen atoms in total. The second-order valence-corrected chi connectivity index (χ2v) is 3.85. The smallest absolute Gasteiger partial charge is 0.127 e. The van der Waals surface area contributed by atoms with Crippen LogP contribution in [0.5, 0.6) is 5.75 Å². The third kappa shape index (κ3) is 3.47. The number of rotatable bonds is 5. The number of ether oxygens (including phenoxy) is 1. The average molecular weight is 227 g/mol. The molecule has 0 saturated carbocycles. The van der Waals surface area contributed by atoms with Crippen LogP contribution in [0.4, 0.5) is 4.39 Å². The number of hydrogen-bond donors (Lipinski definition) is 2. The average Bonchev–Trinajstić information content (AvgIpc) is 2.25. The molecule has 90 valence electrons. The monoisotopic (exact) mass is 227 g/mol. The van der Waals surface area contributed by atoms with Gasteiger partial charge in [-0.15, -0.1) is 0 Å². The summed E-state index contributed by atoms with van der Waals surface area (Å²) in [4.78, 5) is 0. The largest absolute Gasteiger partial charge is 0.490 e. The third-order valence-electron chi connectivity index (χ3n) is 2.36. The summed E-state index contributed by atoms with van der Waals surface area (Å²) in [6.45, 7) is 3.75. The molecule has 0 spiro atoms. The minimum absolute atomic E-state index is 0.0737. The molecule has 0 aromatic heterocycles. The lowest BCUT2D eigenvalue weighted by Crippen LogP contribution is -2.17. The molecule has 2 N–H and O–H groups in total. The molecule has 0 heterocycles. The second kappa shape index (κ2) is 5.82. The fourth-order valence-electron chi connectivity index (χ4n) is 1.36. The van der Waals surface area contributed by atoms with E-state index in [1.54, 1.807) is 13.0 Å². The standard InChI is InChI=1S/C12H18FNO2/c1-8(15)7-16-12-6-10(13)4-5-11(12)9(2)14-3/h4-6,8-9,14-15H,7H2,1-3H3. The van der Waals surface area contributed by atoms with Crippen LogP contribution < -0.4 is 10.1 Å². The molecular formula is C12H18FNO2. The van der Waals surface area contributed by atoms with Gasteiger partial charge in [-0.05, 0) is 27.0 Å². The van der Waals surface area contributed by atoms with Crippen LogP contribution in [0.2, 0.25) is 0 Å². The van der Waals surface area contributed by atoms with Crippen LogP contribution in [0.1, 0.15) is 25.5 Å². The first-order chi connectivity index (χ1) is 7.54. The molecule has 4 heteroatoms. The maximum absolute atomic E-state index is 13.1. The topological polar surface area (TPSA) is 41.5 Å². The first-order valence-corrected chi connectivity index (χ1v) is 5.32. The van der Waals surface area contributed by atoms with E-state index < -0.39 is 6.10 Å². The molecule has 0 aliphatic carbocycles. The zero-order chi connectivity index (χ0) is 12.1. The maximum Gasteiger partial charge on any atom is 0.127 e. The third-order valence-corrected chi connectivity index (χ3v) is 2.36. The van der Waals surface area contributed by atoms with E-state index in [2.05, 4.69) is 5.32 Å². The van der Waals surface area contributed by atoms with Crippen molar-refractivity contribution in [2.75, 3.05) is 13.7 Å². The van der Waals surface area contributed by atoms with Gasteiger partial charge in [0.05, 0.1) is 6.10 Å². The van der Waals surface area contributed by atoms with Crippen LogP contribution in [0.25, 0.3) is 0 Å². The minimum Gasteiger partial charge on any atom is -0.490 e. The summed E-state index contributed by atoms with van der Waals surface area (Å²) >= 11 is 0. The van der Waals surface area contributed by atoms with Crippen molar-refractivity contribution in [1.29, 1.82) is 0 Å². The van der Waals surface area contributed by atoms with Gasteiger partial charge >= 0.3 is 0 Å². The predicted octanol–water partition coefficient (Wildman–Crippen LogP) is 1.87. The van der Waals surface area contributed by atoms with E-state index in [4.69, 9.17) is 9.84 Å². The van der Waals surface area contributed by atoms with Crippen molar-refractivity contribution >= 4 is 0 Å². The highest BCUT2D eigenvalue weighted by Gasteiger charge is 2.11. The molecule has 0 aliphatic heterocycles. The lowest BCUT2D eigenvalue weighted by molar-refractivity contribution is 0.121. The van der Waals surface area contributed by atoms with Crippen molar-refractivity contribution in [1.82, 2.24) is 5.32 Å². The van der Waals surface area contributed by atoms with Gasteiger partial charge in [-0.1, -0.05) is 6.07 Å². The fourth-order valence-corrected chi connectivity index (χ4v) is 1.36. The predicted molar refractivity (Wildman–Crippen MR) is 61.1 cm³/mol. The normalized spacial score (nSPS) is 14.6. The van der Waals surface area contributed by atoms with Crippen LogP contribution >= 0.6 is 0 Å². The van der Waals surface area contributed by atoms with Gasteiger partial charge in [-0.3, -0.25) is 0 Å². The van der Waals surface area contributed by atoms with Crippen LogP contribution in [-0.4, -0.2) is 24.9 Å². The number of aliphatic hydroxyl groups excluding tert-OH is 1. The number of halogens is 1. The Morgan fingerprint density at radius 2 is 2.12 bits per heavy atom. The van der Waals surface area contributed by atoms with E-state index in [-0.39, 0.29) is 18.5 Å². The van der Waals surface area contributed by atoms with Gasteiger partial charge in [0, 0.05) is 17.7 Å². The Balaban J connectivity index is 2.89. The zero-order valence-electron chi connectivity index (χ0n) is 9.83. The number of benzene rings is 1. The molecule has 0 radical (unpaired) electrons. The lowest BCUT2D eigenvalue weighted by atomic mass is 10.1. The van der Waals surface area contributed by atoms with E-state index in [1.807, 2.05) is 14.0 Å². The molecule has 0 amide bonds. The summed E-state index contributed by atoms with van der Waals surface area (Å²) in [5, 5.41) is 12.2. The highest BCUT2D eigenvalue weighted by atomic mass is 19.1. The molecule has 1 aromatic rings. The van der Waals surface area contributed by atoms with Crippen molar-refractivity contribution in [2.24, 2.45) is 0 Å². The first kappa shape index (κ1) is 12.9. The Kier molecular flexibility index (Phi) is 4.71. The van der Waals surface area contributed by atoms with Crippen molar-refractivity contribution in [3.63, 3.8) is 0 Å². The van der Waals surface area contributed by atoms with E-state index in [0.717, 1.165) is 5.56 Å². The van der Waals surface area contributed by atoms with Crippen LogP contribution in [0.3, 0.4) is 0 Å². The summed E-state index contributed by atoms with van der Waals surface area (Å²) in [7, 11) is 1.83. The summed E-state index contributed by atoms with van der Waals surface area (Å²) in [6.07, 6.45) is -0.569. The molecule has 0 aliphatic rings. The molecule has 0 fully saturated rings. The van der Waals surface area contributed by atoms with E-state index >= 15 is 0 Å². The molecule has 2 atom stereocenters. The molecule has 1 rings (SSSR count). The second-order valence-electron chi connectivity index (χ2n) is 3.85. The van der Waals surface area contributed by atoms with Crippen molar-refractivity contribution in [3.8, 4) is 5.75 Å². The minimum atomic E-state index is -0.569. The van der Waals surface area contributed by atoms with Crippen LogP contribution in [-0.2, 0) is 0 Å². The summed E-state index contributed by atoms with van der Waals surface area (Å²) in [5.74, 6) is 0.135. The van der Waals surface area contributed by atoms with E-state index in [0.29, 0.717) is 5.75 Å². The van der Waals surface area contributed by atoms with Crippen LogP contribution in [0, 0.1) is 5.82 Å². The molecule has 2 unspecified atom stereocenters. The van der Waals surface area contributed by atoms with Gasteiger partial charge in [0.1, 0.15) is 18.2 Å². The highest BCUT2D eigenvalue weighted by Crippen LogP contribution is 2.26. The quantitative estimate of drug-likeness (QED) is 0.806. The van der Waals surface area contributed by atoms with Gasteiger partial charge in [0.2, 0.25) is 0 Å². The maximum atomic E-state index is 13.1. The van der Waals surface area contributed by atoms with Crippen molar-refractivity contribution in [2.45, 2.75) is 26.0 Å². The SMILES string of the molecule is CNC(C)c1ccc(F)cc1OCC(C)O. The molecule has 1 aromatic carbocycles. The summed E-state index contributed by atoms with van der Waals surface area (Å²) < 4.78 is 18.4. The Labute approximate surface area is 95.2 Å². The zero-order valence-corrected chi connectivity index (χ0v) is 9.83. The Hall–Kier alpha value is -1.13. The van der Waals surface area contributed by atoms with E-state index in [9.17, 15) is 4.39 Å². The van der Waals surface area contributed by atoms with Crippen molar-refractivity contribution in [3.05, 3.63) is 29.6 Å². The van der Waals surface area contributed by atoms with Crippen molar-refractivity contribution < 1.29 is 14.2 Å². The number of hydrogen-bond acceptors (Lipinski definition) is 3. The van der Waals surface area contributed by atoms with Gasteiger partial charge in [0.25, 0.3) is 0 Å². The Morgan fingerprint density at radius 1 is 1.44 bits per heavy atom. The summed E-state index contributed by atoms with van der Waals surface area (Å²) in [5.41, 5.74) is 0.879. The molecule has 0 saturated heterocycles. The lowest BCUT2D eigenvalue weighted by Gasteiger charge is -2.17. The van der Waals surface area contributed by atoms with Gasteiger partial charge in [-0.25, -0.2) is 4.39 Å². The molecule has 16 heavy (non-hydrogen) atoms. The Morgan fingerprint density at radius 3 is 2.69 bits per heavy atom. The van der Waals surface area contributed by atoms with E-state index in [1.165, 1.54) is 12.1 Å². The Bertz CT molecular complexity index is 342. The molecular weight excluding hydrogens is 209 g/mol. The highest BCUT2D eigenvalue weighted by molar-refractivity contribution is 5.36.